The third-order valence-electron chi connectivity index (χ3n) is 4.87. The normalized spacial score (nSPS) is 16.3. The summed E-state index contributed by atoms with van der Waals surface area (Å²) in [6, 6.07) is 6.63. The van der Waals surface area contributed by atoms with Gasteiger partial charge in [0, 0.05) is 12.1 Å². The number of thiophene rings is 1. The van der Waals surface area contributed by atoms with Crippen molar-refractivity contribution < 1.29 is 4.79 Å². The van der Waals surface area contributed by atoms with Gasteiger partial charge in [-0.05, 0) is 80.2 Å². The molecule has 1 aliphatic rings. The molecule has 2 aromatic rings. The van der Waals surface area contributed by atoms with Crippen molar-refractivity contribution in [3.8, 4) is 0 Å². The number of carbonyl (C=O) groups excluding carboxylic acids is 1. The Balaban J connectivity index is 1.74. The topological polar surface area (TPSA) is 32.3 Å². The highest BCUT2D eigenvalue weighted by Crippen LogP contribution is 2.26. The van der Waals surface area contributed by atoms with Crippen LogP contribution in [0, 0.1) is 20.8 Å². The minimum absolute atomic E-state index is 0.0458. The summed E-state index contributed by atoms with van der Waals surface area (Å²) in [6.07, 6.45) is 2.51. The molecule has 0 bridgehead atoms. The van der Waals surface area contributed by atoms with Crippen LogP contribution in [0.1, 0.15) is 51.5 Å². The van der Waals surface area contributed by atoms with Crippen molar-refractivity contribution in [1.82, 2.24) is 10.2 Å². The summed E-state index contributed by atoms with van der Waals surface area (Å²) < 4.78 is 0. The van der Waals surface area contributed by atoms with Crippen LogP contribution in [0.2, 0.25) is 0 Å². The number of aryl methyl sites for hydroxylation is 3. The largest absolute Gasteiger partial charge is 0.350 e. The Morgan fingerprint density at radius 1 is 1.21 bits per heavy atom. The van der Waals surface area contributed by atoms with E-state index in [1.807, 2.05) is 13.8 Å². The lowest BCUT2D eigenvalue weighted by Crippen LogP contribution is -2.37. The SMILES string of the molecule is Cc1cc(C)c(C(=O)NCC(c2ccsc2)N2CCCC2)c(C)c1. The zero-order valence-corrected chi connectivity index (χ0v) is 15.6. The number of benzene rings is 1. The van der Waals surface area contributed by atoms with Crippen molar-refractivity contribution in [2.75, 3.05) is 19.6 Å². The highest BCUT2D eigenvalue weighted by Gasteiger charge is 2.24. The molecule has 2 heterocycles. The Hall–Kier alpha value is -1.65. The molecule has 3 rings (SSSR count). The highest BCUT2D eigenvalue weighted by atomic mass is 32.1. The Labute approximate surface area is 148 Å². The maximum atomic E-state index is 12.8. The summed E-state index contributed by atoms with van der Waals surface area (Å²) in [4.78, 5) is 15.3. The third kappa shape index (κ3) is 3.70. The van der Waals surface area contributed by atoms with Gasteiger partial charge in [0.25, 0.3) is 5.91 Å². The maximum absolute atomic E-state index is 12.8. The van der Waals surface area contributed by atoms with Crippen LogP contribution < -0.4 is 5.32 Å². The van der Waals surface area contributed by atoms with Crippen LogP contribution in [0.15, 0.2) is 29.0 Å². The zero-order chi connectivity index (χ0) is 17.1. The van der Waals surface area contributed by atoms with Crippen molar-refractivity contribution in [1.29, 1.82) is 0 Å². The monoisotopic (exact) mass is 342 g/mol. The van der Waals surface area contributed by atoms with Crippen LogP contribution >= 0.6 is 11.3 Å². The van der Waals surface area contributed by atoms with Gasteiger partial charge in [0.15, 0.2) is 0 Å². The van der Waals surface area contributed by atoms with Gasteiger partial charge in [0.2, 0.25) is 0 Å². The number of carbonyl (C=O) groups is 1. The van der Waals surface area contributed by atoms with E-state index in [0.29, 0.717) is 6.54 Å². The molecule has 1 aromatic heterocycles. The number of hydrogen-bond acceptors (Lipinski definition) is 3. The third-order valence-corrected chi connectivity index (χ3v) is 5.57. The first-order chi connectivity index (χ1) is 11.6. The summed E-state index contributed by atoms with van der Waals surface area (Å²) in [5, 5.41) is 7.51. The van der Waals surface area contributed by atoms with E-state index in [-0.39, 0.29) is 11.9 Å². The molecule has 1 atom stereocenters. The molecule has 1 saturated heterocycles. The predicted octanol–water partition coefficient (Wildman–Crippen LogP) is 4.24. The quantitative estimate of drug-likeness (QED) is 0.881. The van der Waals surface area contributed by atoms with Crippen LogP contribution in [0.4, 0.5) is 0 Å². The molecule has 0 saturated carbocycles. The van der Waals surface area contributed by atoms with Crippen LogP contribution in [0.25, 0.3) is 0 Å². The molecule has 24 heavy (non-hydrogen) atoms. The standard InChI is InChI=1S/C20H26N2OS/c1-14-10-15(2)19(16(3)11-14)20(23)21-12-18(17-6-9-24-13-17)22-7-4-5-8-22/h6,9-11,13,18H,4-5,7-8,12H2,1-3H3,(H,21,23). The first-order valence-corrected chi connectivity index (χ1v) is 9.62. The summed E-state index contributed by atoms with van der Waals surface area (Å²) in [6.45, 7) is 9.03. The minimum Gasteiger partial charge on any atom is -0.350 e. The molecule has 1 unspecified atom stereocenters. The van der Waals surface area contributed by atoms with E-state index in [2.05, 4.69) is 46.1 Å². The van der Waals surface area contributed by atoms with E-state index in [9.17, 15) is 4.79 Å². The number of rotatable bonds is 5. The van der Waals surface area contributed by atoms with Gasteiger partial charge >= 0.3 is 0 Å². The average molecular weight is 343 g/mol. The van der Waals surface area contributed by atoms with Gasteiger partial charge in [-0.15, -0.1) is 0 Å². The first kappa shape index (κ1) is 17.2. The van der Waals surface area contributed by atoms with E-state index in [0.717, 1.165) is 29.8 Å². The van der Waals surface area contributed by atoms with E-state index < -0.39 is 0 Å². The van der Waals surface area contributed by atoms with Crippen molar-refractivity contribution in [3.05, 3.63) is 56.8 Å². The molecule has 1 aliphatic heterocycles. The number of amides is 1. The average Bonchev–Trinajstić information content (AvgIpc) is 3.20. The van der Waals surface area contributed by atoms with Gasteiger partial charge in [0.1, 0.15) is 0 Å². The molecule has 1 amide bonds. The molecule has 0 aliphatic carbocycles. The fourth-order valence-corrected chi connectivity index (χ4v) is 4.50. The summed E-state index contributed by atoms with van der Waals surface area (Å²) in [5.74, 6) is 0.0458. The molecular weight excluding hydrogens is 316 g/mol. The number of hydrogen-bond donors (Lipinski definition) is 1. The van der Waals surface area contributed by atoms with Gasteiger partial charge < -0.3 is 5.32 Å². The minimum atomic E-state index is 0.0458. The second kappa shape index (κ2) is 7.49. The van der Waals surface area contributed by atoms with E-state index in [4.69, 9.17) is 0 Å². The Morgan fingerprint density at radius 3 is 2.46 bits per heavy atom. The molecule has 1 aromatic carbocycles. The second-order valence-electron chi connectivity index (χ2n) is 6.80. The summed E-state index contributed by atoms with van der Waals surface area (Å²) in [5.41, 5.74) is 5.46. The summed E-state index contributed by atoms with van der Waals surface area (Å²) in [7, 11) is 0. The number of nitrogens with one attached hydrogen (secondary N) is 1. The van der Waals surface area contributed by atoms with Gasteiger partial charge in [-0.1, -0.05) is 17.7 Å². The van der Waals surface area contributed by atoms with Crippen LogP contribution in [-0.2, 0) is 0 Å². The van der Waals surface area contributed by atoms with Gasteiger partial charge in [-0.3, -0.25) is 9.69 Å². The number of nitrogens with zero attached hydrogens (tertiary/aromatic N) is 1. The molecule has 1 fully saturated rings. The molecule has 4 heteroatoms. The van der Waals surface area contributed by atoms with Crippen LogP contribution in [0.3, 0.4) is 0 Å². The molecule has 128 valence electrons. The number of likely N-dealkylation sites (tertiary alicyclic amines) is 1. The van der Waals surface area contributed by atoms with E-state index >= 15 is 0 Å². The fraction of sp³-hybridized carbons (Fsp3) is 0.450. The smallest absolute Gasteiger partial charge is 0.251 e. The van der Waals surface area contributed by atoms with Crippen molar-refractivity contribution in [2.45, 2.75) is 39.7 Å². The maximum Gasteiger partial charge on any atom is 0.251 e. The molecule has 0 spiro atoms. The van der Waals surface area contributed by atoms with Gasteiger partial charge in [-0.25, -0.2) is 0 Å². The fourth-order valence-electron chi connectivity index (χ4n) is 3.79. The van der Waals surface area contributed by atoms with E-state index in [1.165, 1.54) is 24.0 Å². The van der Waals surface area contributed by atoms with Crippen LogP contribution in [0.5, 0.6) is 0 Å². The van der Waals surface area contributed by atoms with E-state index in [1.54, 1.807) is 11.3 Å². The lowest BCUT2D eigenvalue weighted by molar-refractivity contribution is 0.0936. The van der Waals surface area contributed by atoms with Crippen LogP contribution in [-0.4, -0.2) is 30.4 Å². The second-order valence-corrected chi connectivity index (χ2v) is 7.58. The molecule has 3 nitrogen and oxygen atoms in total. The van der Waals surface area contributed by atoms with Gasteiger partial charge in [-0.2, -0.15) is 11.3 Å². The summed E-state index contributed by atoms with van der Waals surface area (Å²) >= 11 is 1.72. The molecule has 1 N–H and O–H groups in total. The first-order valence-electron chi connectivity index (χ1n) is 8.68. The lowest BCUT2D eigenvalue weighted by atomic mass is 9.99. The highest BCUT2D eigenvalue weighted by molar-refractivity contribution is 7.07. The Kier molecular flexibility index (Phi) is 5.36. The van der Waals surface area contributed by atoms with Crippen molar-refractivity contribution in [3.63, 3.8) is 0 Å². The van der Waals surface area contributed by atoms with Gasteiger partial charge in [0.05, 0.1) is 6.04 Å². The zero-order valence-electron chi connectivity index (χ0n) is 14.8. The Bertz CT molecular complexity index is 679. The lowest BCUT2D eigenvalue weighted by Gasteiger charge is -2.27. The molecular formula is C20H26N2OS. The predicted molar refractivity (Wildman–Crippen MR) is 101 cm³/mol. The van der Waals surface area contributed by atoms with Crippen molar-refractivity contribution >= 4 is 17.2 Å². The van der Waals surface area contributed by atoms with Crippen molar-refractivity contribution in [2.24, 2.45) is 0 Å². The Morgan fingerprint density at radius 2 is 1.88 bits per heavy atom. The molecule has 0 radical (unpaired) electrons.